The first-order valence-electron chi connectivity index (χ1n) is 7.09. The molecule has 0 spiro atoms. The number of hydrogen-bond acceptors (Lipinski definition) is 3. The Kier molecular flexibility index (Phi) is 5.39. The van der Waals surface area contributed by atoms with Crippen molar-refractivity contribution in [3.05, 3.63) is 59.4 Å². The average molecular weight is 323 g/mol. The van der Waals surface area contributed by atoms with Gasteiger partial charge in [0.15, 0.2) is 11.6 Å². The number of hydrogen-bond donors (Lipinski definition) is 1. The molecule has 23 heavy (non-hydrogen) atoms. The maximum atomic E-state index is 14.6. The van der Waals surface area contributed by atoms with Crippen molar-refractivity contribution in [1.82, 2.24) is 0 Å². The zero-order valence-electron chi connectivity index (χ0n) is 12.5. The third-order valence-electron chi connectivity index (χ3n) is 3.34. The molecule has 2 N–H and O–H groups in total. The zero-order valence-corrected chi connectivity index (χ0v) is 12.5. The van der Waals surface area contributed by atoms with Gasteiger partial charge in [0.2, 0.25) is 0 Å². The fraction of sp³-hybridized carbons (Fsp3) is 0.235. The van der Waals surface area contributed by atoms with E-state index in [1.807, 2.05) is 0 Å². The van der Waals surface area contributed by atoms with Crippen molar-refractivity contribution in [2.24, 2.45) is 5.73 Å². The van der Waals surface area contributed by atoms with Gasteiger partial charge in [-0.15, -0.1) is 0 Å². The molecule has 0 aliphatic rings. The predicted molar refractivity (Wildman–Crippen MR) is 79.9 cm³/mol. The van der Waals surface area contributed by atoms with Gasteiger partial charge in [-0.1, -0.05) is 30.3 Å². The van der Waals surface area contributed by atoms with E-state index in [4.69, 9.17) is 10.5 Å². The van der Waals surface area contributed by atoms with Crippen LogP contribution in [0.4, 0.5) is 13.2 Å². The molecule has 3 nitrogen and oxygen atoms in total. The van der Waals surface area contributed by atoms with Crippen LogP contribution >= 0.6 is 0 Å². The quantitative estimate of drug-likeness (QED) is 0.674. The summed E-state index contributed by atoms with van der Waals surface area (Å²) in [6.07, 6.45) is -0.445. The van der Waals surface area contributed by atoms with Gasteiger partial charge in [0.05, 0.1) is 13.0 Å². The SMILES string of the molecule is CCOC(=O)CC(N)c1c(F)c(F)cc(-c2ccccc2)c1F. The molecule has 0 amide bonds. The van der Waals surface area contributed by atoms with Gasteiger partial charge in [-0.3, -0.25) is 4.79 Å². The van der Waals surface area contributed by atoms with Gasteiger partial charge in [0.1, 0.15) is 5.82 Å². The second-order valence-corrected chi connectivity index (χ2v) is 4.93. The van der Waals surface area contributed by atoms with E-state index in [0.717, 1.165) is 6.07 Å². The highest BCUT2D eigenvalue weighted by Crippen LogP contribution is 2.32. The van der Waals surface area contributed by atoms with Crippen LogP contribution in [-0.2, 0) is 9.53 Å². The Morgan fingerprint density at radius 3 is 2.43 bits per heavy atom. The highest BCUT2D eigenvalue weighted by molar-refractivity contribution is 5.71. The van der Waals surface area contributed by atoms with Crippen LogP contribution in [0.1, 0.15) is 24.9 Å². The van der Waals surface area contributed by atoms with Crippen LogP contribution in [0.5, 0.6) is 0 Å². The Balaban J connectivity index is 2.47. The smallest absolute Gasteiger partial charge is 0.307 e. The summed E-state index contributed by atoms with van der Waals surface area (Å²) in [5.41, 5.74) is 5.31. The number of nitrogens with two attached hydrogens (primary N) is 1. The van der Waals surface area contributed by atoms with Crippen LogP contribution in [0.25, 0.3) is 11.1 Å². The Hall–Kier alpha value is -2.34. The highest BCUT2D eigenvalue weighted by Gasteiger charge is 2.26. The first kappa shape index (κ1) is 17.0. The molecule has 0 saturated carbocycles. The lowest BCUT2D eigenvalue weighted by Crippen LogP contribution is -2.20. The average Bonchev–Trinajstić information content (AvgIpc) is 2.52. The molecule has 2 rings (SSSR count). The molecule has 6 heteroatoms. The summed E-state index contributed by atoms with van der Waals surface area (Å²) < 4.78 is 47.2. The summed E-state index contributed by atoms with van der Waals surface area (Å²) in [5.74, 6) is -4.30. The van der Waals surface area contributed by atoms with Crippen LogP contribution in [0, 0.1) is 17.5 Å². The summed E-state index contributed by atoms with van der Waals surface area (Å²) >= 11 is 0. The molecule has 2 aromatic carbocycles. The van der Waals surface area contributed by atoms with Crippen molar-refractivity contribution in [2.75, 3.05) is 6.61 Å². The largest absolute Gasteiger partial charge is 0.466 e. The van der Waals surface area contributed by atoms with E-state index in [1.54, 1.807) is 37.3 Å². The van der Waals surface area contributed by atoms with Gasteiger partial charge in [0.25, 0.3) is 0 Å². The zero-order chi connectivity index (χ0) is 17.0. The van der Waals surface area contributed by atoms with Gasteiger partial charge in [-0.05, 0) is 18.6 Å². The Morgan fingerprint density at radius 2 is 1.83 bits per heavy atom. The predicted octanol–water partition coefficient (Wildman–Crippen LogP) is 3.72. The molecular formula is C17H16F3NO2. The van der Waals surface area contributed by atoms with Crippen LogP contribution in [0.3, 0.4) is 0 Å². The first-order chi connectivity index (χ1) is 11.0. The number of rotatable bonds is 5. The Labute approximate surface area is 131 Å². The van der Waals surface area contributed by atoms with Crippen LogP contribution in [-0.4, -0.2) is 12.6 Å². The first-order valence-corrected chi connectivity index (χ1v) is 7.09. The number of benzene rings is 2. The molecule has 0 bridgehead atoms. The van der Waals surface area contributed by atoms with Gasteiger partial charge in [0, 0.05) is 17.2 Å². The lowest BCUT2D eigenvalue weighted by atomic mass is 9.96. The third-order valence-corrected chi connectivity index (χ3v) is 3.34. The molecule has 0 aliphatic heterocycles. The van der Waals surface area contributed by atoms with E-state index in [1.165, 1.54) is 0 Å². The molecule has 0 saturated heterocycles. The van der Waals surface area contributed by atoms with E-state index in [0.29, 0.717) is 5.56 Å². The molecule has 0 heterocycles. The number of ether oxygens (including phenoxy) is 1. The summed E-state index contributed by atoms with van der Waals surface area (Å²) in [6.45, 7) is 1.72. The second-order valence-electron chi connectivity index (χ2n) is 4.93. The van der Waals surface area contributed by atoms with Gasteiger partial charge in [-0.2, -0.15) is 0 Å². The standard InChI is InChI=1S/C17H16F3NO2/c1-2-23-14(22)9-13(21)15-16(19)11(8-12(18)17(15)20)10-6-4-3-5-7-10/h3-8,13H,2,9,21H2,1H3. The van der Waals surface area contributed by atoms with E-state index < -0.39 is 41.4 Å². The fourth-order valence-electron chi connectivity index (χ4n) is 2.28. The van der Waals surface area contributed by atoms with Crippen molar-refractivity contribution in [3.8, 4) is 11.1 Å². The van der Waals surface area contributed by atoms with E-state index in [9.17, 15) is 18.0 Å². The van der Waals surface area contributed by atoms with Gasteiger partial charge in [-0.25, -0.2) is 13.2 Å². The molecule has 0 radical (unpaired) electrons. The summed E-state index contributed by atoms with van der Waals surface area (Å²) in [7, 11) is 0. The number of carbonyl (C=O) groups excluding carboxylic acids is 1. The van der Waals surface area contributed by atoms with E-state index >= 15 is 0 Å². The molecule has 0 aliphatic carbocycles. The number of esters is 1. The normalized spacial score (nSPS) is 12.0. The lowest BCUT2D eigenvalue weighted by Gasteiger charge is -2.16. The topological polar surface area (TPSA) is 52.3 Å². The summed E-state index contributed by atoms with van der Waals surface area (Å²) in [4.78, 5) is 11.4. The van der Waals surface area contributed by atoms with Crippen LogP contribution in [0.2, 0.25) is 0 Å². The second kappa shape index (κ2) is 7.28. The molecule has 1 atom stereocenters. The molecule has 0 fully saturated rings. The lowest BCUT2D eigenvalue weighted by molar-refractivity contribution is -0.143. The van der Waals surface area contributed by atoms with Crippen molar-refractivity contribution in [2.45, 2.75) is 19.4 Å². The molecule has 2 aromatic rings. The maximum Gasteiger partial charge on any atom is 0.307 e. The minimum absolute atomic E-state index is 0.112. The molecule has 0 aromatic heterocycles. The van der Waals surface area contributed by atoms with Crippen molar-refractivity contribution in [1.29, 1.82) is 0 Å². The van der Waals surface area contributed by atoms with E-state index in [-0.39, 0.29) is 12.2 Å². The minimum Gasteiger partial charge on any atom is -0.466 e. The Morgan fingerprint density at radius 1 is 1.17 bits per heavy atom. The number of carbonyl (C=O) groups is 1. The van der Waals surface area contributed by atoms with Crippen molar-refractivity contribution in [3.63, 3.8) is 0 Å². The van der Waals surface area contributed by atoms with E-state index in [2.05, 4.69) is 0 Å². The summed E-state index contributed by atoms with van der Waals surface area (Å²) in [5, 5.41) is 0. The fourth-order valence-corrected chi connectivity index (χ4v) is 2.28. The highest BCUT2D eigenvalue weighted by atomic mass is 19.2. The van der Waals surface area contributed by atoms with Crippen LogP contribution in [0.15, 0.2) is 36.4 Å². The van der Waals surface area contributed by atoms with Crippen LogP contribution < -0.4 is 5.73 Å². The molecule has 1 unspecified atom stereocenters. The molecule has 122 valence electrons. The van der Waals surface area contributed by atoms with Gasteiger partial charge >= 0.3 is 5.97 Å². The minimum atomic E-state index is -1.39. The number of halogens is 3. The van der Waals surface area contributed by atoms with Gasteiger partial charge < -0.3 is 10.5 Å². The Bertz CT molecular complexity index is 705. The maximum absolute atomic E-state index is 14.6. The summed E-state index contributed by atoms with van der Waals surface area (Å²) in [6, 6.07) is 7.58. The van der Waals surface area contributed by atoms with Crippen molar-refractivity contribution >= 4 is 5.97 Å². The molecular weight excluding hydrogens is 307 g/mol. The third kappa shape index (κ3) is 3.71. The monoisotopic (exact) mass is 323 g/mol. The van der Waals surface area contributed by atoms with Crippen molar-refractivity contribution < 1.29 is 22.7 Å².